The van der Waals surface area contributed by atoms with Crippen LogP contribution in [0.15, 0.2) is 34.2 Å². The Morgan fingerprint density at radius 1 is 1.30 bits per heavy atom. The molecule has 0 unspecified atom stereocenters. The molecule has 0 aliphatic carbocycles. The maximum atomic E-state index is 12.1. The summed E-state index contributed by atoms with van der Waals surface area (Å²) in [5.74, 6) is -0.498. The molecular formula is C18H23N3O5S. The highest BCUT2D eigenvalue weighted by atomic mass is 32.2. The first-order valence-corrected chi connectivity index (χ1v) is 10.5. The molecule has 1 saturated heterocycles. The van der Waals surface area contributed by atoms with Crippen molar-refractivity contribution in [2.24, 2.45) is 4.99 Å². The Bertz CT molecular complexity index is 866. The molecule has 1 atom stereocenters. The first-order chi connectivity index (χ1) is 12.9. The van der Waals surface area contributed by atoms with Crippen LogP contribution in [-0.2, 0) is 24.3 Å². The van der Waals surface area contributed by atoms with Crippen molar-refractivity contribution >= 4 is 27.7 Å². The number of ether oxygens (including phenoxy) is 1. The number of rotatable bonds is 5. The van der Waals surface area contributed by atoms with Crippen molar-refractivity contribution in [2.45, 2.75) is 43.5 Å². The van der Waals surface area contributed by atoms with Crippen LogP contribution in [0.1, 0.15) is 38.2 Å². The average Bonchev–Trinajstić information content (AvgIpc) is 2.91. The van der Waals surface area contributed by atoms with Crippen LogP contribution < -0.4 is 4.72 Å². The number of hydrogen-bond donors (Lipinski definition) is 1. The van der Waals surface area contributed by atoms with Gasteiger partial charge in [-0.3, -0.25) is 19.3 Å². The Morgan fingerprint density at radius 3 is 2.85 bits per heavy atom. The van der Waals surface area contributed by atoms with Gasteiger partial charge in [0, 0.05) is 18.2 Å². The molecule has 0 radical (unpaired) electrons. The molecule has 2 aliphatic rings. The number of carbonyl (C=O) groups excluding carboxylic acids is 2. The number of benzene rings is 1. The van der Waals surface area contributed by atoms with Crippen molar-refractivity contribution in [1.29, 1.82) is 0 Å². The summed E-state index contributed by atoms with van der Waals surface area (Å²) in [5, 5.41) is 0. The third-order valence-electron chi connectivity index (χ3n) is 4.73. The van der Waals surface area contributed by atoms with Gasteiger partial charge >= 0.3 is 5.97 Å². The van der Waals surface area contributed by atoms with E-state index in [4.69, 9.17) is 4.74 Å². The second-order valence-electron chi connectivity index (χ2n) is 6.67. The maximum absolute atomic E-state index is 12.1. The van der Waals surface area contributed by atoms with Crippen molar-refractivity contribution < 1.29 is 22.7 Å². The van der Waals surface area contributed by atoms with Crippen molar-refractivity contribution in [2.75, 3.05) is 19.7 Å². The summed E-state index contributed by atoms with van der Waals surface area (Å²) in [4.78, 5) is 30.1. The summed E-state index contributed by atoms with van der Waals surface area (Å²) < 4.78 is 31.4. The Labute approximate surface area is 158 Å². The van der Waals surface area contributed by atoms with Gasteiger partial charge in [-0.2, -0.15) is 0 Å². The molecule has 8 nitrogen and oxygen atoms in total. The highest BCUT2D eigenvalue weighted by molar-refractivity contribution is 7.90. The Kier molecular flexibility index (Phi) is 5.79. The molecule has 1 N–H and O–H groups in total. The van der Waals surface area contributed by atoms with Gasteiger partial charge in [0.2, 0.25) is 0 Å². The van der Waals surface area contributed by atoms with Gasteiger partial charge < -0.3 is 9.64 Å². The number of hydrogen-bond acceptors (Lipinski definition) is 6. The largest absolute Gasteiger partial charge is 0.456 e. The quantitative estimate of drug-likeness (QED) is 0.753. The zero-order valence-electron chi connectivity index (χ0n) is 15.2. The van der Waals surface area contributed by atoms with Crippen molar-refractivity contribution in [3.63, 3.8) is 0 Å². The summed E-state index contributed by atoms with van der Waals surface area (Å²) in [7, 11) is -3.59. The van der Waals surface area contributed by atoms with Crippen LogP contribution in [0.2, 0.25) is 0 Å². The van der Waals surface area contributed by atoms with Gasteiger partial charge in [0.15, 0.2) is 6.61 Å². The Morgan fingerprint density at radius 2 is 2.07 bits per heavy atom. The second-order valence-corrected chi connectivity index (χ2v) is 8.33. The molecule has 2 aliphatic heterocycles. The topological polar surface area (TPSA) is 105 Å². The minimum absolute atomic E-state index is 0.0315. The predicted octanol–water partition coefficient (Wildman–Crippen LogP) is 1.06. The van der Waals surface area contributed by atoms with E-state index in [1.54, 1.807) is 23.1 Å². The fourth-order valence-electron chi connectivity index (χ4n) is 3.28. The molecule has 9 heteroatoms. The molecule has 146 valence electrons. The van der Waals surface area contributed by atoms with Crippen LogP contribution in [-0.4, -0.2) is 56.8 Å². The Balaban J connectivity index is 1.49. The average molecular weight is 393 g/mol. The van der Waals surface area contributed by atoms with E-state index in [1.807, 2.05) is 6.92 Å². The van der Waals surface area contributed by atoms with E-state index in [-0.39, 0.29) is 42.3 Å². The third kappa shape index (κ3) is 4.47. The molecule has 0 saturated carbocycles. The molecular weight excluding hydrogens is 370 g/mol. The van der Waals surface area contributed by atoms with Gasteiger partial charge in [-0.1, -0.05) is 12.1 Å². The summed E-state index contributed by atoms with van der Waals surface area (Å²) in [6, 6.07) is 6.69. The molecule has 1 aromatic rings. The van der Waals surface area contributed by atoms with Gasteiger partial charge in [0.05, 0.1) is 17.9 Å². The molecule has 1 aromatic carbocycles. The highest BCUT2D eigenvalue weighted by Crippen LogP contribution is 2.22. The van der Waals surface area contributed by atoms with E-state index in [9.17, 15) is 18.0 Å². The lowest BCUT2D eigenvalue weighted by atomic mass is 10.0. The summed E-state index contributed by atoms with van der Waals surface area (Å²) >= 11 is 0. The molecule has 2 heterocycles. The molecule has 0 bridgehead atoms. The SMILES string of the molecule is C[C@H]1CCCCN1C(=O)COC(=O)CCN=C1NS(=O)(=O)c2ccccc21. The lowest BCUT2D eigenvalue weighted by Crippen LogP contribution is -2.44. The van der Waals surface area contributed by atoms with E-state index in [0.717, 1.165) is 19.3 Å². The lowest BCUT2D eigenvalue weighted by molar-refractivity contribution is -0.153. The molecule has 1 fully saturated rings. The number of esters is 1. The monoisotopic (exact) mass is 393 g/mol. The number of piperidine rings is 1. The minimum atomic E-state index is -3.59. The van der Waals surface area contributed by atoms with E-state index in [0.29, 0.717) is 12.1 Å². The molecule has 0 spiro atoms. The van der Waals surface area contributed by atoms with Crippen molar-refractivity contribution in [3.05, 3.63) is 29.8 Å². The number of nitrogens with one attached hydrogen (secondary N) is 1. The Hall–Kier alpha value is -2.42. The van der Waals surface area contributed by atoms with E-state index < -0.39 is 16.0 Å². The first-order valence-electron chi connectivity index (χ1n) is 9.00. The van der Waals surface area contributed by atoms with Crippen LogP contribution >= 0.6 is 0 Å². The summed E-state index contributed by atoms with van der Waals surface area (Å²) in [6.45, 7) is 2.49. The fourth-order valence-corrected chi connectivity index (χ4v) is 4.53. The zero-order valence-corrected chi connectivity index (χ0v) is 16.0. The molecule has 27 heavy (non-hydrogen) atoms. The highest BCUT2D eigenvalue weighted by Gasteiger charge is 2.30. The van der Waals surface area contributed by atoms with E-state index in [2.05, 4.69) is 9.71 Å². The second kappa shape index (κ2) is 8.08. The number of amides is 1. The van der Waals surface area contributed by atoms with Crippen LogP contribution in [0.3, 0.4) is 0 Å². The van der Waals surface area contributed by atoms with Gasteiger partial charge in [-0.15, -0.1) is 0 Å². The van der Waals surface area contributed by atoms with Gasteiger partial charge in [0.25, 0.3) is 15.9 Å². The fraction of sp³-hybridized carbons (Fsp3) is 0.500. The van der Waals surface area contributed by atoms with Gasteiger partial charge in [0.1, 0.15) is 5.84 Å². The molecule has 3 rings (SSSR count). The van der Waals surface area contributed by atoms with Crippen molar-refractivity contribution in [1.82, 2.24) is 9.62 Å². The number of aliphatic imine (C=N–C) groups is 1. The van der Waals surface area contributed by atoms with Crippen LogP contribution in [0.5, 0.6) is 0 Å². The van der Waals surface area contributed by atoms with Gasteiger partial charge in [-0.05, 0) is 38.3 Å². The predicted molar refractivity (Wildman–Crippen MR) is 98.8 cm³/mol. The number of likely N-dealkylation sites (tertiary alicyclic amines) is 1. The lowest BCUT2D eigenvalue weighted by Gasteiger charge is -2.33. The third-order valence-corrected chi connectivity index (χ3v) is 6.13. The van der Waals surface area contributed by atoms with Crippen LogP contribution in [0.25, 0.3) is 0 Å². The summed E-state index contributed by atoms with van der Waals surface area (Å²) in [6.07, 6.45) is 3.02. The van der Waals surface area contributed by atoms with Crippen LogP contribution in [0.4, 0.5) is 0 Å². The maximum Gasteiger partial charge on any atom is 0.308 e. The number of nitrogens with zero attached hydrogens (tertiary/aromatic N) is 2. The van der Waals surface area contributed by atoms with Gasteiger partial charge in [-0.25, -0.2) is 8.42 Å². The van der Waals surface area contributed by atoms with E-state index >= 15 is 0 Å². The minimum Gasteiger partial charge on any atom is -0.456 e. The number of carbonyl (C=O) groups is 2. The zero-order chi connectivity index (χ0) is 19.4. The normalized spacial score (nSPS) is 22.2. The number of fused-ring (bicyclic) bond motifs is 1. The first kappa shape index (κ1) is 19.3. The van der Waals surface area contributed by atoms with Crippen molar-refractivity contribution in [3.8, 4) is 0 Å². The van der Waals surface area contributed by atoms with Crippen LogP contribution in [0, 0.1) is 0 Å². The number of sulfonamides is 1. The van der Waals surface area contributed by atoms with E-state index in [1.165, 1.54) is 6.07 Å². The number of amidine groups is 1. The summed E-state index contributed by atoms with van der Waals surface area (Å²) in [5.41, 5.74) is 0.486. The smallest absolute Gasteiger partial charge is 0.308 e. The molecule has 0 aromatic heterocycles. The molecule has 1 amide bonds. The standard InChI is InChI=1S/C18H23N3O5S/c1-13-6-4-5-11-21(13)16(22)12-26-17(23)9-10-19-18-14-7-2-3-8-15(14)27(24,25)20-18/h2-3,7-8,13H,4-6,9-12H2,1H3,(H,19,20)/t13-/m0/s1.